The SMILES string of the molecule is [3H]c1ccc2sc(N3CCC4(CC(=C)NC4=O)C3)nc2c1. The number of benzene rings is 1. The summed E-state index contributed by atoms with van der Waals surface area (Å²) in [5.74, 6) is 0.101. The Bertz CT molecular complexity index is 771. The monoisotopic (exact) mass is 287 g/mol. The van der Waals surface area contributed by atoms with Crippen LogP contribution in [0.4, 0.5) is 5.13 Å². The number of aromatic nitrogens is 1. The van der Waals surface area contributed by atoms with Gasteiger partial charge < -0.3 is 10.2 Å². The van der Waals surface area contributed by atoms with Gasteiger partial charge in [0.1, 0.15) is 0 Å². The molecule has 1 amide bonds. The molecule has 0 bridgehead atoms. The Labute approximate surface area is 122 Å². The van der Waals surface area contributed by atoms with Crippen molar-refractivity contribution in [3.8, 4) is 0 Å². The van der Waals surface area contributed by atoms with E-state index in [4.69, 9.17) is 1.37 Å². The number of hydrogen-bond donors (Lipinski definition) is 1. The number of para-hydroxylation sites is 1. The Kier molecular flexibility index (Phi) is 2.20. The maximum Gasteiger partial charge on any atom is 0.232 e. The maximum atomic E-state index is 12.2. The van der Waals surface area contributed by atoms with Gasteiger partial charge in [0.15, 0.2) is 5.13 Å². The van der Waals surface area contributed by atoms with Gasteiger partial charge >= 0.3 is 0 Å². The normalized spacial score (nSPS) is 26.6. The van der Waals surface area contributed by atoms with Crippen molar-refractivity contribution in [2.24, 2.45) is 5.41 Å². The summed E-state index contributed by atoms with van der Waals surface area (Å²) in [4.78, 5) is 19.0. The Morgan fingerprint density at radius 2 is 2.45 bits per heavy atom. The highest BCUT2D eigenvalue weighted by Crippen LogP contribution is 2.43. The topological polar surface area (TPSA) is 45.2 Å². The summed E-state index contributed by atoms with van der Waals surface area (Å²) in [6.45, 7) is 5.42. The van der Waals surface area contributed by atoms with Crippen molar-refractivity contribution in [3.05, 3.63) is 36.5 Å². The van der Waals surface area contributed by atoms with Gasteiger partial charge in [0.05, 0.1) is 17.0 Å². The zero-order valence-corrected chi connectivity index (χ0v) is 11.8. The highest BCUT2D eigenvalue weighted by Gasteiger charge is 2.49. The molecule has 0 aliphatic carbocycles. The van der Waals surface area contributed by atoms with E-state index in [0.717, 1.165) is 40.4 Å². The van der Waals surface area contributed by atoms with E-state index < -0.39 is 0 Å². The van der Waals surface area contributed by atoms with Crippen molar-refractivity contribution in [3.63, 3.8) is 0 Å². The highest BCUT2D eigenvalue weighted by molar-refractivity contribution is 7.22. The molecule has 1 aromatic carbocycles. The van der Waals surface area contributed by atoms with Crippen LogP contribution in [0.5, 0.6) is 0 Å². The van der Waals surface area contributed by atoms with Crippen LogP contribution in [0.25, 0.3) is 10.2 Å². The number of hydrogen-bond acceptors (Lipinski definition) is 4. The molecular weight excluding hydrogens is 270 g/mol. The lowest BCUT2D eigenvalue weighted by atomic mass is 9.85. The third-order valence-corrected chi connectivity index (χ3v) is 5.27. The van der Waals surface area contributed by atoms with Crippen molar-refractivity contribution >= 4 is 32.6 Å². The van der Waals surface area contributed by atoms with Gasteiger partial charge in [-0.2, -0.15) is 0 Å². The quantitative estimate of drug-likeness (QED) is 0.876. The van der Waals surface area contributed by atoms with Crippen LogP contribution in [-0.2, 0) is 4.79 Å². The van der Waals surface area contributed by atoms with Crippen molar-refractivity contribution in [2.45, 2.75) is 12.8 Å². The Morgan fingerprint density at radius 1 is 1.55 bits per heavy atom. The summed E-state index contributed by atoms with van der Waals surface area (Å²) in [5.41, 5.74) is 1.36. The zero-order valence-electron chi connectivity index (χ0n) is 12.0. The fourth-order valence-corrected chi connectivity index (χ4v) is 4.10. The van der Waals surface area contributed by atoms with Crippen LogP contribution < -0.4 is 10.2 Å². The molecule has 3 heterocycles. The number of carbonyl (C=O) groups is 1. The lowest BCUT2D eigenvalue weighted by molar-refractivity contribution is -0.126. The first-order valence-electron chi connectivity index (χ1n) is 7.17. The van der Waals surface area contributed by atoms with Crippen LogP contribution in [-0.4, -0.2) is 24.0 Å². The van der Waals surface area contributed by atoms with Gasteiger partial charge in [0.25, 0.3) is 0 Å². The number of allylic oxidation sites excluding steroid dienone is 1. The minimum atomic E-state index is -0.324. The molecule has 5 heteroatoms. The molecule has 1 spiro atoms. The molecule has 4 rings (SSSR count). The fourth-order valence-electron chi connectivity index (χ4n) is 3.13. The van der Waals surface area contributed by atoms with Crippen LogP contribution in [0.1, 0.15) is 14.2 Å². The molecule has 2 fully saturated rings. The van der Waals surface area contributed by atoms with E-state index in [-0.39, 0.29) is 11.3 Å². The average molecular weight is 287 g/mol. The van der Waals surface area contributed by atoms with E-state index in [2.05, 4.69) is 21.8 Å². The van der Waals surface area contributed by atoms with Gasteiger partial charge in [-0.15, -0.1) is 0 Å². The molecule has 1 aromatic heterocycles. The van der Waals surface area contributed by atoms with E-state index in [1.54, 1.807) is 23.5 Å². The fraction of sp³-hybridized carbons (Fsp3) is 0.333. The van der Waals surface area contributed by atoms with Crippen LogP contribution >= 0.6 is 11.3 Å². The minimum Gasteiger partial charge on any atom is -0.347 e. The summed E-state index contributed by atoms with van der Waals surface area (Å²) >= 11 is 1.62. The van der Waals surface area contributed by atoms with Gasteiger partial charge in [-0.05, 0) is 18.6 Å². The van der Waals surface area contributed by atoms with Crippen LogP contribution in [0.3, 0.4) is 0 Å². The number of fused-ring (bicyclic) bond motifs is 1. The lowest BCUT2D eigenvalue weighted by Crippen LogP contribution is -2.34. The summed E-state index contributed by atoms with van der Waals surface area (Å²) < 4.78 is 8.75. The largest absolute Gasteiger partial charge is 0.347 e. The molecule has 102 valence electrons. The van der Waals surface area contributed by atoms with Gasteiger partial charge in [0.2, 0.25) is 5.91 Å². The third-order valence-electron chi connectivity index (χ3n) is 4.17. The van der Waals surface area contributed by atoms with Crippen molar-refractivity contribution in [1.29, 1.82) is 0 Å². The van der Waals surface area contributed by atoms with Crippen molar-refractivity contribution in [2.75, 3.05) is 18.0 Å². The van der Waals surface area contributed by atoms with E-state index in [1.165, 1.54) is 0 Å². The van der Waals surface area contributed by atoms with Crippen LogP contribution in [0.2, 0.25) is 0 Å². The lowest BCUT2D eigenvalue weighted by Gasteiger charge is -2.20. The molecular formula is C15H15N3OS. The number of rotatable bonds is 1. The zero-order chi connectivity index (χ0) is 14.6. The van der Waals surface area contributed by atoms with Crippen LogP contribution in [0.15, 0.2) is 36.5 Å². The molecule has 1 N–H and O–H groups in total. The van der Waals surface area contributed by atoms with Crippen molar-refractivity contribution < 1.29 is 6.17 Å². The molecule has 1 atom stereocenters. The first kappa shape index (κ1) is 10.9. The van der Waals surface area contributed by atoms with E-state index in [0.29, 0.717) is 12.6 Å². The number of amides is 1. The first-order chi connectivity index (χ1) is 10.1. The van der Waals surface area contributed by atoms with Crippen LogP contribution in [0, 0.1) is 5.41 Å². The van der Waals surface area contributed by atoms with Gasteiger partial charge in [-0.1, -0.05) is 30.0 Å². The average Bonchev–Trinajstić information content (AvgIpc) is 3.08. The van der Waals surface area contributed by atoms with E-state index in [9.17, 15) is 4.79 Å². The van der Waals surface area contributed by atoms with Gasteiger partial charge in [-0.25, -0.2) is 4.98 Å². The first-order valence-corrected chi connectivity index (χ1v) is 7.49. The summed E-state index contributed by atoms with van der Waals surface area (Å²) in [6, 6.07) is 5.98. The standard InChI is InChI=1S/C15H15N3OS/c1-10-8-15(13(19)16-10)6-7-18(9-15)14-17-11-4-2-3-5-12(11)20-14/h2-5H,1,6-9H2,(H,16,19)/i2T. The molecule has 2 aliphatic heterocycles. The number of nitrogens with one attached hydrogen (secondary N) is 1. The predicted molar refractivity (Wildman–Crippen MR) is 80.8 cm³/mol. The second-order valence-electron chi connectivity index (χ2n) is 5.58. The molecule has 1 unspecified atom stereocenters. The third kappa shape index (κ3) is 1.66. The Morgan fingerprint density at radius 3 is 3.25 bits per heavy atom. The second kappa shape index (κ2) is 4.06. The molecule has 2 saturated heterocycles. The minimum absolute atomic E-state index is 0.101. The van der Waals surface area contributed by atoms with Gasteiger partial charge in [0, 0.05) is 25.2 Å². The van der Waals surface area contributed by atoms with E-state index >= 15 is 0 Å². The predicted octanol–water partition coefficient (Wildman–Crippen LogP) is 2.53. The number of carbonyl (C=O) groups excluding carboxylic acids is 1. The molecule has 0 saturated carbocycles. The number of anilines is 1. The number of nitrogens with zero attached hydrogens (tertiary/aromatic N) is 2. The van der Waals surface area contributed by atoms with E-state index in [1.807, 2.05) is 6.07 Å². The molecule has 2 aromatic rings. The second-order valence-corrected chi connectivity index (χ2v) is 6.59. The maximum absolute atomic E-state index is 12.2. The van der Waals surface area contributed by atoms with Crippen molar-refractivity contribution in [1.82, 2.24) is 10.3 Å². The summed E-state index contributed by atoms with van der Waals surface area (Å²) in [5, 5.41) is 3.80. The molecule has 20 heavy (non-hydrogen) atoms. The molecule has 0 radical (unpaired) electrons. The highest BCUT2D eigenvalue weighted by atomic mass is 32.1. The Hall–Kier alpha value is -1.88. The smallest absolute Gasteiger partial charge is 0.232 e. The molecule has 2 aliphatic rings. The Balaban J connectivity index is 1.65. The van der Waals surface area contributed by atoms with Gasteiger partial charge in [-0.3, -0.25) is 4.79 Å². The molecule has 4 nitrogen and oxygen atoms in total. The summed E-state index contributed by atoms with van der Waals surface area (Å²) in [6.07, 6.45) is 1.57. The summed E-state index contributed by atoms with van der Waals surface area (Å²) in [7, 11) is 0. The number of thiazole rings is 1.